The predicted octanol–water partition coefficient (Wildman–Crippen LogP) is 6.64. The van der Waals surface area contributed by atoms with Crippen LogP contribution in [-0.4, -0.2) is 31.9 Å². The van der Waals surface area contributed by atoms with Crippen molar-refractivity contribution in [2.75, 3.05) is 4.90 Å². The molecule has 2 heterocycles. The van der Waals surface area contributed by atoms with Gasteiger partial charge in [-0.1, -0.05) is 82.7 Å². The Morgan fingerprint density at radius 1 is 1.10 bits per heavy atom. The molecule has 1 aliphatic heterocycles. The maximum atomic E-state index is 13.5. The number of anilines is 1. The number of carbonyl (C=O) groups excluding carboxylic acids is 2. The Labute approximate surface area is 242 Å². The summed E-state index contributed by atoms with van der Waals surface area (Å²) >= 11 is 8.73. The molecule has 1 aliphatic rings. The first-order valence-corrected chi connectivity index (χ1v) is 14.2. The van der Waals surface area contributed by atoms with Crippen LogP contribution in [-0.2, 0) is 15.3 Å². The van der Waals surface area contributed by atoms with E-state index >= 15 is 0 Å². The molecular weight excluding hydrogens is 572 g/mol. The van der Waals surface area contributed by atoms with Gasteiger partial charge in [-0.25, -0.2) is 0 Å². The lowest BCUT2D eigenvalue weighted by atomic mass is 9.93. The van der Waals surface area contributed by atoms with E-state index in [9.17, 15) is 24.8 Å². The first kappa shape index (κ1) is 27.5. The van der Waals surface area contributed by atoms with Crippen LogP contribution in [0.15, 0.2) is 76.6 Å². The van der Waals surface area contributed by atoms with E-state index in [1.165, 1.54) is 30.0 Å². The highest BCUT2D eigenvalue weighted by molar-refractivity contribution is 8.00. The van der Waals surface area contributed by atoms with Crippen molar-refractivity contribution in [1.82, 2.24) is 10.2 Å². The number of hydrogen-bond acceptors (Lipinski definition) is 9. The van der Waals surface area contributed by atoms with Gasteiger partial charge in [-0.15, -0.1) is 10.2 Å². The lowest BCUT2D eigenvalue weighted by molar-refractivity contribution is -0.384. The van der Waals surface area contributed by atoms with Crippen molar-refractivity contribution in [3.8, 4) is 0 Å². The van der Waals surface area contributed by atoms with E-state index in [0.717, 1.165) is 27.4 Å². The van der Waals surface area contributed by atoms with Gasteiger partial charge in [0.2, 0.25) is 5.13 Å². The van der Waals surface area contributed by atoms with Crippen LogP contribution in [0.5, 0.6) is 0 Å². The van der Waals surface area contributed by atoms with Crippen molar-refractivity contribution in [1.29, 1.82) is 0 Å². The number of aliphatic hydroxyl groups excluding tert-OH is 1. The molecule has 1 N–H and O–H groups in total. The fourth-order valence-corrected chi connectivity index (χ4v) is 6.56. The number of aromatic nitrogens is 2. The molecule has 12 heteroatoms. The zero-order valence-electron chi connectivity index (χ0n) is 21.2. The van der Waals surface area contributed by atoms with Gasteiger partial charge in [0, 0.05) is 28.5 Å². The van der Waals surface area contributed by atoms with Crippen molar-refractivity contribution in [2.24, 2.45) is 0 Å². The van der Waals surface area contributed by atoms with E-state index in [2.05, 4.69) is 10.2 Å². The number of carbonyl (C=O) groups is 2. The summed E-state index contributed by atoms with van der Waals surface area (Å²) in [5, 5.41) is 32.1. The first-order valence-electron chi connectivity index (χ1n) is 12.0. The average Bonchev–Trinajstić information content (AvgIpc) is 3.51. The third-order valence-corrected chi connectivity index (χ3v) is 8.87. The first-order chi connectivity index (χ1) is 19.2. The van der Waals surface area contributed by atoms with Gasteiger partial charge in [-0.05, 0) is 42.7 Å². The van der Waals surface area contributed by atoms with Crippen LogP contribution in [0.2, 0.25) is 5.02 Å². The Bertz CT molecular complexity index is 1700. The molecule has 40 heavy (non-hydrogen) atoms. The Kier molecular flexibility index (Phi) is 7.70. The lowest BCUT2D eigenvalue weighted by Crippen LogP contribution is -2.29. The van der Waals surface area contributed by atoms with Crippen molar-refractivity contribution < 1.29 is 19.6 Å². The molecule has 1 amide bonds. The number of non-ortho nitro benzene ring substituents is 1. The predicted molar refractivity (Wildman–Crippen MR) is 155 cm³/mol. The number of ketones is 1. The standard InChI is InChI=1S/C28H21ClN4O5S2/c1-15-10-11-16(2)20(12-15)24(34)22-23(17-7-5-8-19(13-17)33(37)38)32(26(36)25(22)35)27-30-31-28(40-27)39-14-18-6-3-4-9-21(18)29/h3-13,23,34H,14H2,1-2H3/b24-22+. The summed E-state index contributed by atoms with van der Waals surface area (Å²) in [7, 11) is 0. The zero-order chi connectivity index (χ0) is 28.6. The Morgan fingerprint density at radius 2 is 1.88 bits per heavy atom. The van der Waals surface area contributed by atoms with Crippen molar-refractivity contribution in [3.63, 3.8) is 0 Å². The maximum Gasteiger partial charge on any atom is 0.301 e. The molecule has 0 radical (unpaired) electrons. The average molecular weight is 593 g/mol. The van der Waals surface area contributed by atoms with E-state index < -0.39 is 22.7 Å². The molecule has 202 valence electrons. The lowest BCUT2D eigenvalue weighted by Gasteiger charge is -2.22. The molecule has 0 aliphatic carbocycles. The topological polar surface area (TPSA) is 127 Å². The van der Waals surface area contributed by atoms with Crippen LogP contribution in [0, 0.1) is 24.0 Å². The normalized spacial score (nSPS) is 16.5. The second-order valence-electron chi connectivity index (χ2n) is 9.07. The number of aryl methyl sites for hydroxylation is 2. The second kappa shape index (κ2) is 11.2. The fourth-order valence-electron chi connectivity index (χ4n) is 4.40. The number of nitrogens with zero attached hydrogens (tertiary/aromatic N) is 4. The number of hydrogen-bond donors (Lipinski definition) is 1. The number of halogens is 1. The maximum absolute atomic E-state index is 13.5. The van der Waals surface area contributed by atoms with E-state index in [1.54, 1.807) is 31.2 Å². The summed E-state index contributed by atoms with van der Waals surface area (Å²) in [6, 6.07) is 17.3. The van der Waals surface area contributed by atoms with Crippen LogP contribution < -0.4 is 4.90 Å². The van der Waals surface area contributed by atoms with Gasteiger partial charge in [-0.3, -0.25) is 24.6 Å². The minimum atomic E-state index is -1.16. The van der Waals surface area contributed by atoms with E-state index in [4.69, 9.17) is 11.6 Å². The molecule has 3 aromatic carbocycles. The number of Topliss-reactive ketones (excluding diaryl/α,β-unsaturated/α-hetero) is 1. The van der Waals surface area contributed by atoms with E-state index in [0.29, 0.717) is 26.2 Å². The van der Waals surface area contributed by atoms with Crippen LogP contribution >= 0.6 is 34.7 Å². The molecule has 5 rings (SSSR count). The van der Waals surface area contributed by atoms with Crippen LogP contribution in [0.25, 0.3) is 5.76 Å². The Morgan fingerprint density at radius 3 is 2.62 bits per heavy atom. The summed E-state index contributed by atoms with van der Waals surface area (Å²) in [4.78, 5) is 39.0. The SMILES string of the molecule is Cc1ccc(C)c(/C(O)=C2\C(=O)C(=O)N(c3nnc(SCc4ccccc4Cl)s3)C2c2cccc([N+](=O)[O-])c2)c1. The molecule has 0 spiro atoms. The van der Waals surface area contributed by atoms with Crippen LogP contribution in [0.1, 0.15) is 33.9 Å². The minimum Gasteiger partial charge on any atom is -0.507 e. The smallest absolute Gasteiger partial charge is 0.301 e. The number of rotatable bonds is 7. The molecule has 1 atom stereocenters. The van der Waals surface area contributed by atoms with Gasteiger partial charge < -0.3 is 5.11 Å². The van der Waals surface area contributed by atoms with Crippen molar-refractivity contribution >= 4 is 63.0 Å². The highest BCUT2D eigenvalue weighted by atomic mass is 35.5. The monoisotopic (exact) mass is 592 g/mol. The van der Waals surface area contributed by atoms with E-state index in [-0.39, 0.29) is 27.7 Å². The van der Waals surface area contributed by atoms with E-state index in [1.807, 2.05) is 31.2 Å². The number of aliphatic hydroxyl groups is 1. The largest absolute Gasteiger partial charge is 0.507 e. The fraction of sp³-hybridized carbons (Fsp3) is 0.143. The van der Waals surface area contributed by atoms with Crippen LogP contribution in [0.3, 0.4) is 0 Å². The molecular formula is C28H21ClN4O5S2. The molecule has 0 saturated carbocycles. The number of nitro benzene ring substituents is 1. The molecule has 1 saturated heterocycles. The molecule has 1 aromatic heterocycles. The van der Waals surface area contributed by atoms with Gasteiger partial charge in [0.05, 0.1) is 16.5 Å². The highest BCUT2D eigenvalue weighted by Crippen LogP contribution is 2.45. The highest BCUT2D eigenvalue weighted by Gasteiger charge is 2.48. The molecule has 0 bridgehead atoms. The van der Waals surface area contributed by atoms with Crippen molar-refractivity contribution in [2.45, 2.75) is 30.0 Å². The molecule has 1 unspecified atom stereocenters. The number of benzene rings is 3. The number of amides is 1. The molecule has 4 aromatic rings. The second-order valence-corrected chi connectivity index (χ2v) is 11.7. The van der Waals surface area contributed by atoms with Gasteiger partial charge in [0.15, 0.2) is 4.34 Å². The third kappa shape index (κ3) is 5.23. The number of nitro groups is 1. The third-order valence-electron chi connectivity index (χ3n) is 6.40. The van der Waals surface area contributed by atoms with Gasteiger partial charge in [-0.2, -0.15) is 0 Å². The number of thioether (sulfide) groups is 1. The summed E-state index contributed by atoms with van der Waals surface area (Å²) in [5.74, 6) is -1.69. The summed E-state index contributed by atoms with van der Waals surface area (Å²) in [5.41, 5.74) is 2.71. The molecule has 9 nitrogen and oxygen atoms in total. The minimum absolute atomic E-state index is 0.125. The summed E-state index contributed by atoms with van der Waals surface area (Å²) in [6.45, 7) is 3.62. The summed E-state index contributed by atoms with van der Waals surface area (Å²) in [6.07, 6.45) is 0. The Balaban J connectivity index is 1.60. The Hall–Kier alpha value is -4.06. The quantitative estimate of drug-likeness (QED) is 0.0481. The van der Waals surface area contributed by atoms with Crippen LogP contribution in [0.4, 0.5) is 10.8 Å². The van der Waals surface area contributed by atoms with Gasteiger partial charge in [0.1, 0.15) is 5.76 Å². The van der Waals surface area contributed by atoms with Crippen molar-refractivity contribution in [3.05, 3.63) is 115 Å². The molecule has 1 fully saturated rings. The van der Waals surface area contributed by atoms with Gasteiger partial charge in [0.25, 0.3) is 11.5 Å². The van der Waals surface area contributed by atoms with Gasteiger partial charge >= 0.3 is 5.91 Å². The zero-order valence-corrected chi connectivity index (χ0v) is 23.6. The summed E-state index contributed by atoms with van der Waals surface area (Å²) < 4.78 is 0.532.